The van der Waals surface area contributed by atoms with Crippen LogP contribution in [0.25, 0.3) is 0 Å². The van der Waals surface area contributed by atoms with E-state index in [0.717, 1.165) is 12.1 Å². The molecular formula is C25H24ClF3N6O3. The van der Waals surface area contributed by atoms with Gasteiger partial charge in [0, 0.05) is 17.3 Å². The molecule has 0 bridgehead atoms. The number of nitrogens with one attached hydrogen (secondary N) is 1. The number of carbonyl (C=O) groups excluding carboxylic acids is 1. The minimum atomic E-state index is -4.53. The Balaban J connectivity index is 1.38. The Morgan fingerprint density at radius 1 is 1.21 bits per heavy atom. The van der Waals surface area contributed by atoms with Crippen LogP contribution < -0.4 is 25.4 Å². The van der Waals surface area contributed by atoms with Crippen LogP contribution in [0.2, 0.25) is 5.28 Å². The third kappa shape index (κ3) is 4.95. The zero-order valence-corrected chi connectivity index (χ0v) is 21.2. The van der Waals surface area contributed by atoms with Crippen LogP contribution in [0.15, 0.2) is 36.4 Å². The highest BCUT2D eigenvalue weighted by atomic mass is 35.5. The molecule has 3 heterocycles. The summed E-state index contributed by atoms with van der Waals surface area (Å²) in [5, 5.41) is 3.09. The molecule has 3 aromatic rings. The number of carbonyl (C=O) groups is 1. The largest absolute Gasteiger partial charge is 0.497 e. The van der Waals surface area contributed by atoms with Crippen LogP contribution in [0.5, 0.6) is 11.5 Å². The molecule has 2 amide bonds. The van der Waals surface area contributed by atoms with Gasteiger partial charge in [-0.2, -0.15) is 13.2 Å². The van der Waals surface area contributed by atoms with Crippen molar-refractivity contribution in [1.82, 2.24) is 14.9 Å². The summed E-state index contributed by atoms with van der Waals surface area (Å²) in [5.74, 6) is 1.50. The molecule has 0 aliphatic carbocycles. The molecule has 0 saturated heterocycles. The van der Waals surface area contributed by atoms with E-state index in [9.17, 15) is 18.0 Å². The van der Waals surface area contributed by atoms with E-state index >= 15 is 0 Å². The molecule has 0 fully saturated rings. The minimum Gasteiger partial charge on any atom is -0.497 e. The van der Waals surface area contributed by atoms with Crippen LogP contribution in [0.1, 0.15) is 35.3 Å². The fraction of sp³-hybridized carbons (Fsp3) is 0.320. The lowest BCUT2D eigenvalue weighted by atomic mass is 10.0. The Labute approximate surface area is 221 Å². The number of hydrogen-bond donors (Lipinski definition) is 2. The Morgan fingerprint density at radius 3 is 2.74 bits per heavy atom. The van der Waals surface area contributed by atoms with E-state index < -0.39 is 17.8 Å². The number of hydrogen-bond acceptors (Lipinski definition) is 7. The Bertz CT molecular complexity index is 1400. The van der Waals surface area contributed by atoms with E-state index in [0.29, 0.717) is 53.0 Å². The second kappa shape index (κ2) is 9.75. The molecule has 0 spiro atoms. The van der Waals surface area contributed by atoms with Crippen molar-refractivity contribution >= 4 is 34.8 Å². The second-order valence-electron chi connectivity index (χ2n) is 8.99. The summed E-state index contributed by atoms with van der Waals surface area (Å²) in [7, 11) is 1.55. The smallest absolute Gasteiger partial charge is 0.416 e. The van der Waals surface area contributed by atoms with Gasteiger partial charge >= 0.3 is 12.2 Å². The van der Waals surface area contributed by atoms with Gasteiger partial charge in [0.25, 0.3) is 0 Å². The SMILES string of the molecule is COc1ccc2c(c1)OCCN2C(=O)N1Cc2nc(Cl)nc(N[C@H](C)c3cc(N)cc(C(F)(F)F)c3)c2C1. The van der Waals surface area contributed by atoms with Gasteiger partial charge in [-0.1, -0.05) is 0 Å². The molecule has 2 aliphatic rings. The number of amides is 2. The van der Waals surface area contributed by atoms with Crippen LogP contribution in [-0.2, 0) is 19.3 Å². The second-order valence-corrected chi connectivity index (χ2v) is 9.33. The number of alkyl halides is 3. The van der Waals surface area contributed by atoms with E-state index in [1.165, 1.54) is 6.07 Å². The summed E-state index contributed by atoms with van der Waals surface area (Å²) in [6.07, 6.45) is -4.53. The van der Waals surface area contributed by atoms with Gasteiger partial charge in [0.15, 0.2) is 0 Å². The van der Waals surface area contributed by atoms with Crippen molar-refractivity contribution in [2.75, 3.05) is 36.2 Å². The van der Waals surface area contributed by atoms with E-state index in [2.05, 4.69) is 15.3 Å². The zero-order chi connectivity index (χ0) is 27.2. The van der Waals surface area contributed by atoms with Crippen molar-refractivity contribution in [3.63, 3.8) is 0 Å². The summed E-state index contributed by atoms with van der Waals surface area (Å²) in [6.45, 7) is 2.75. The highest BCUT2D eigenvalue weighted by Crippen LogP contribution is 2.38. The van der Waals surface area contributed by atoms with Crippen molar-refractivity contribution in [2.24, 2.45) is 0 Å². The molecule has 0 saturated carbocycles. The number of fused-ring (bicyclic) bond motifs is 2. The number of nitrogens with two attached hydrogens (primary N) is 1. The molecule has 38 heavy (non-hydrogen) atoms. The van der Waals surface area contributed by atoms with Gasteiger partial charge in [-0.15, -0.1) is 0 Å². The molecule has 0 radical (unpaired) electrons. The number of methoxy groups -OCH3 is 1. The topological polar surface area (TPSA) is 106 Å². The lowest BCUT2D eigenvalue weighted by Crippen LogP contribution is -2.44. The van der Waals surface area contributed by atoms with E-state index in [4.69, 9.17) is 26.8 Å². The molecule has 200 valence electrons. The van der Waals surface area contributed by atoms with Crippen molar-refractivity contribution in [1.29, 1.82) is 0 Å². The number of ether oxygens (including phenoxy) is 2. The lowest BCUT2D eigenvalue weighted by molar-refractivity contribution is -0.137. The molecule has 9 nitrogen and oxygen atoms in total. The lowest BCUT2D eigenvalue weighted by Gasteiger charge is -2.32. The van der Waals surface area contributed by atoms with Crippen LogP contribution in [0, 0.1) is 0 Å². The number of nitrogens with zero attached hydrogens (tertiary/aromatic N) is 4. The average Bonchev–Trinajstić information content (AvgIpc) is 3.31. The van der Waals surface area contributed by atoms with Crippen molar-refractivity contribution in [2.45, 2.75) is 32.2 Å². The number of benzene rings is 2. The molecule has 0 unspecified atom stereocenters. The van der Waals surface area contributed by atoms with Crippen LogP contribution >= 0.6 is 11.6 Å². The highest BCUT2D eigenvalue weighted by Gasteiger charge is 2.35. The van der Waals surface area contributed by atoms with Crippen LogP contribution in [0.4, 0.5) is 35.2 Å². The van der Waals surface area contributed by atoms with Gasteiger partial charge in [0.05, 0.1) is 49.7 Å². The molecule has 5 rings (SSSR count). The Morgan fingerprint density at radius 2 is 2.00 bits per heavy atom. The summed E-state index contributed by atoms with van der Waals surface area (Å²) in [4.78, 5) is 25.3. The molecule has 2 aromatic carbocycles. The normalized spacial score (nSPS) is 15.4. The number of rotatable bonds is 4. The first-order chi connectivity index (χ1) is 18.0. The summed E-state index contributed by atoms with van der Waals surface area (Å²) in [6, 6.07) is 7.79. The number of anilines is 3. The highest BCUT2D eigenvalue weighted by molar-refractivity contribution is 6.28. The third-order valence-corrected chi connectivity index (χ3v) is 6.61. The maximum atomic E-state index is 13.5. The fourth-order valence-electron chi connectivity index (χ4n) is 4.55. The molecule has 1 aromatic heterocycles. The quantitative estimate of drug-likeness (QED) is 0.339. The van der Waals surface area contributed by atoms with Gasteiger partial charge in [0.1, 0.15) is 23.9 Å². The first-order valence-electron chi connectivity index (χ1n) is 11.7. The standard InChI is InChI=1S/C25H24ClF3N6O3/c1-13(14-7-15(25(27,28)29)9-16(30)8-14)31-22-18-11-34(12-19(18)32-23(26)33-22)24(36)35-5-6-38-21-10-17(37-2)3-4-20(21)35/h3-4,7-10,13H,5-6,11-12,30H2,1-2H3,(H,31,32,33)/t13-/m1/s1. The maximum Gasteiger partial charge on any atom is 0.416 e. The number of aromatic nitrogens is 2. The summed E-state index contributed by atoms with van der Waals surface area (Å²) >= 11 is 6.17. The first kappa shape index (κ1) is 25.7. The van der Waals surface area contributed by atoms with Gasteiger partial charge in [-0.3, -0.25) is 4.90 Å². The van der Waals surface area contributed by atoms with Gasteiger partial charge < -0.3 is 25.4 Å². The molecule has 1 atom stereocenters. The summed E-state index contributed by atoms with van der Waals surface area (Å²) in [5.41, 5.74) is 7.03. The van der Waals surface area contributed by atoms with Gasteiger partial charge in [0.2, 0.25) is 5.28 Å². The number of nitrogen functional groups attached to an aromatic ring is 1. The van der Waals surface area contributed by atoms with Crippen molar-refractivity contribution in [3.8, 4) is 11.5 Å². The van der Waals surface area contributed by atoms with Crippen molar-refractivity contribution in [3.05, 3.63) is 64.1 Å². The van der Waals surface area contributed by atoms with Crippen LogP contribution in [0.3, 0.4) is 0 Å². The van der Waals surface area contributed by atoms with E-state index in [1.54, 1.807) is 42.0 Å². The zero-order valence-electron chi connectivity index (χ0n) is 20.5. The Hall–Kier alpha value is -3.93. The molecule has 2 aliphatic heterocycles. The third-order valence-electron chi connectivity index (χ3n) is 6.44. The number of halogens is 4. The first-order valence-corrected chi connectivity index (χ1v) is 12.1. The van der Waals surface area contributed by atoms with Crippen LogP contribution in [-0.4, -0.2) is 41.2 Å². The average molecular weight is 549 g/mol. The maximum absolute atomic E-state index is 13.5. The van der Waals surface area contributed by atoms with Gasteiger partial charge in [-0.25, -0.2) is 14.8 Å². The summed E-state index contributed by atoms with van der Waals surface area (Å²) < 4.78 is 50.9. The predicted molar refractivity (Wildman–Crippen MR) is 135 cm³/mol. The molecular weight excluding hydrogens is 525 g/mol. The monoisotopic (exact) mass is 548 g/mol. The van der Waals surface area contributed by atoms with E-state index in [1.807, 2.05) is 0 Å². The van der Waals surface area contributed by atoms with Gasteiger partial charge in [-0.05, 0) is 54.4 Å². The number of urea groups is 1. The molecule has 13 heteroatoms. The van der Waals surface area contributed by atoms with E-state index in [-0.39, 0.29) is 30.1 Å². The van der Waals surface area contributed by atoms with Crippen molar-refractivity contribution < 1.29 is 27.4 Å². The predicted octanol–water partition coefficient (Wildman–Crippen LogP) is 5.25. The molecule has 3 N–H and O–H groups in total. The fourth-order valence-corrected chi connectivity index (χ4v) is 4.74. The minimum absolute atomic E-state index is 0.00499. The Kier molecular flexibility index (Phi) is 6.59.